The maximum Gasteiger partial charge on any atom is 0.123 e. The monoisotopic (exact) mass is 283 g/mol. The van der Waals surface area contributed by atoms with Gasteiger partial charge in [0.1, 0.15) is 18.2 Å². The molecule has 0 aliphatic carbocycles. The molecule has 5 N–H and O–H groups in total. The van der Waals surface area contributed by atoms with E-state index in [-0.39, 0.29) is 19.0 Å². The third kappa shape index (κ3) is 5.15. The van der Waals surface area contributed by atoms with Gasteiger partial charge < -0.3 is 15.6 Å². The van der Waals surface area contributed by atoms with Crippen molar-refractivity contribution in [3.63, 3.8) is 0 Å². The van der Waals surface area contributed by atoms with Gasteiger partial charge in [-0.1, -0.05) is 20.9 Å². The van der Waals surface area contributed by atoms with Crippen molar-refractivity contribution in [1.29, 1.82) is 5.41 Å². The predicted octanol–water partition coefficient (Wildman–Crippen LogP) is 1.09. The van der Waals surface area contributed by atoms with Crippen molar-refractivity contribution in [2.24, 2.45) is 5.73 Å². The topological polar surface area (TPSA) is 91.4 Å². The van der Waals surface area contributed by atoms with Crippen LogP contribution in [-0.4, -0.2) is 37.4 Å². The normalized spacial score (nSPS) is 11.1. The second kappa shape index (κ2) is 8.86. The lowest BCUT2D eigenvalue weighted by Crippen LogP contribution is -2.16. The largest absolute Gasteiger partial charge is 0.491 e. The Balaban J connectivity index is 2.83. The number of nitrogen functional groups attached to an aromatic ring is 1. The molecule has 106 valence electrons. The van der Waals surface area contributed by atoms with Crippen molar-refractivity contribution in [1.82, 2.24) is 5.09 Å². The maximum atomic E-state index is 8.84. The molecule has 1 aromatic rings. The smallest absolute Gasteiger partial charge is 0.123 e. The minimum absolute atomic E-state index is 0.0255. The second-order valence-electron chi connectivity index (χ2n) is 4.05. The average molecular weight is 283 g/mol. The first-order valence-corrected chi connectivity index (χ1v) is 7.80. The molecule has 1 unspecified atom stereocenters. The van der Waals surface area contributed by atoms with Crippen molar-refractivity contribution >= 4 is 14.6 Å². The summed E-state index contributed by atoms with van der Waals surface area (Å²) in [7, 11) is 0.734. The van der Waals surface area contributed by atoms with Crippen LogP contribution in [0.5, 0.6) is 5.75 Å². The molecule has 0 amide bonds. The zero-order valence-electron chi connectivity index (χ0n) is 11.2. The Bertz CT molecular complexity index is 413. The molecule has 6 heteroatoms. The number of aliphatic hydroxyl groups excluding tert-OH is 1. The molecule has 0 radical (unpaired) electrons. The molecule has 0 heterocycles. The molecule has 0 aliphatic heterocycles. The van der Waals surface area contributed by atoms with E-state index >= 15 is 0 Å². The van der Waals surface area contributed by atoms with E-state index in [1.54, 1.807) is 0 Å². The molecular weight excluding hydrogens is 261 g/mol. The highest BCUT2D eigenvalue weighted by Crippen LogP contribution is 2.24. The first kappa shape index (κ1) is 15.9. The summed E-state index contributed by atoms with van der Waals surface area (Å²) in [6, 6.07) is 5.50. The Labute approximate surface area is 115 Å². The second-order valence-corrected chi connectivity index (χ2v) is 4.90. The number of nitrogens with two attached hydrogens (primary N) is 1. The van der Waals surface area contributed by atoms with Gasteiger partial charge in [-0.05, 0) is 32.1 Å². The Morgan fingerprint density at radius 1 is 1.53 bits per heavy atom. The highest BCUT2D eigenvalue weighted by atomic mass is 31.1. The van der Waals surface area contributed by atoms with E-state index in [2.05, 4.69) is 11.8 Å². The van der Waals surface area contributed by atoms with Crippen molar-refractivity contribution in [2.45, 2.75) is 12.8 Å². The fourth-order valence-electron chi connectivity index (χ4n) is 1.85. The predicted molar refractivity (Wildman–Crippen MR) is 80.6 cm³/mol. The number of nitrogens with one attached hydrogen (secondary N) is 2. The summed E-state index contributed by atoms with van der Waals surface area (Å²) >= 11 is 0. The molecular formula is C13H22N3O2P. The van der Waals surface area contributed by atoms with E-state index in [0.29, 0.717) is 5.75 Å². The van der Waals surface area contributed by atoms with Crippen LogP contribution in [0.3, 0.4) is 0 Å². The van der Waals surface area contributed by atoms with Crippen LogP contribution in [0.4, 0.5) is 0 Å². The molecule has 1 atom stereocenters. The van der Waals surface area contributed by atoms with Crippen LogP contribution in [-0.2, 0) is 6.42 Å². The first-order chi connectivity index (χ1) is 9.20. The number of ether oxygens (including phenoxy) is 1. The maximum absolute atomic E-state index is 8.84. The Kier molecular flexibility index (Phi) is 7.41. The van der Waals surface area contributed by atoms with E-state index in [1.807, 2.05) is 18.2 Å². The van der Waals surface area contributed by atoms with Gasteiger partial charge in [0.25, 0.3) is 0 Å². The third-order valence-electron chi connectivity index (χ3n) is 2.68. The highest BCUT2D eigenvalue weighted by molar-refractivity contribution is 7.34. The summed E-state index contributed by atoms with van der Waals surface area (Å²) in [5.74, 6) is 0.760. The lowest BCUT2D eigenvalue weighted by molar-refractivity contribution is 0.200. The molecule has 0 saturated carbocycles. The highest BCUT2D eigenvalue weighted by Gasteiger charge is 2.11. The van der Waals surface area contributed by atoms with E-state index in [9.17, 15) is 0 Å². The van der Waals surface area contributed by atoms with Crippen LogP contribution in [0.25, 0.3) is 0 Å². The van der Waals surface area contributed by atoms with Gasteiger partial charge in [0, 0.05) is 11.1 Å². The molecule has 1 aromatic carbocycles. The Hall–Kier alpha value is -1.16. The first-order valence-electron chi connectivity index (χ1n) is 6.30. The molecule has 0 aromatic heterocycles. The fraction of sp³-hybridized carbons (Fsp3) is 0.462. The van der Waals surface area contributed by atoms with Gasteiger partial charge in [0.05, 0.1) is 6.61 Å². The summed E-state index contributed by atoms with van der Waals surface area (Å²) < 4.78 is 5.51. The van der Waals surface area contributed by atoms with Gasteiger partial charge in [-0.2, -0.15) is 0 Å². The minimum atomic E-state index is -0.0255. The van der Waals surface area contributed by atoms with Crippen molar-refractivity contribution < 1.29 is 9.84 Å². The molecule has 0 spiro atoms. The van der Waals surface area contributed by atoms with Crippen LogP contribution >= 0.6 is 8.73 Å². The van der Waals surface area contributed by atoms with Crippen LogP contribution in [0, 0.1) is 5.41 Å². The number of rotatable bonds is 9. The van der Waals surface area contributed by atoms with Crippen LogP contribution in [0.15, 0.2) is 18.2 Å². The van der Waals surface area contributed by atoms with Crippen molar-refractivity contribution in [2.75, 3.05) is 26.4 Å². The standard InChI is InChI=1S/C13H22N3O2P/c1-19-16-7-3-5-10-11(13(14)15)4-2-6-12(10)18-9-8-17/h2,4,6,16-17,19H,3,5,7-9H2,1H3,(H3,14,15). The van der Waals surface area contributed by atoms with Gasteiger partial charge in [-0.25, -0.2) is 0 Å². The lowest BCUT2D eigenvalue weighted by Gasteiger charge is -2.14. The minimum Gasteiger partial charge on any atom is -0.491 e. The summed E-state index contributed by atoms with van der Waals surface area (Å²) in [5.41, 5.74) is 7.27. The van der Waals surface area contributed by atoms with Gasteiger partial charge in [0.2, 0.25) is 0 Å². The zero-order chi connectivity index (χ0) is 14.1. The van der Waals surface area contributed by atoms with Crippen LogP contribution in [0.2, 0.25) is 0 Å². The van der Waals surface area contributed by atoms with E-state index in [1.165, 1.54) is 0 Å². The van der Waals surface area contributed by atoms with Crippen LogP contribution in [0.1, 0.15) is 17.5 Å². The summed E-state index contributed by atoms with van der Waals surface area (Å²) in [5, 5.41) is 19.8. The van der Waals surface area contributed by atoms with Gasteiger partial charge in [-0.3, -0.25) is 10.5 Å². The van der Waals surface area contributed by atoms with E-state index < -0.39 is 0 Å². The van der Waals surface area contributed by atoms with E-state index in [0.717, 1.165) is 39.2 Å². The third-order valence-corrected chi connectivity index (χ3v) is 3.28. The van der Waals surface area contributed by atoms with Gasteiger partial charge in [-0.15, -0.1) is 0 Å². The summed E-state index contributed by atoms with van der Waals surface area (Å²) in [6.45, 7) is 3.26. The number of hydrogen-bond acceptors (Lipinski definition) is 4. The molecule has 19 heavy (non-hydrogen) atoms. The lowest BCUT2D eigenvalue weighted by atomic mass is 10.0. The molecule has 1 rings (SSSR count). The van der Waals surface area contributed by atoms with Gasteiger partial charge >= 0.3 is 0 Å². The number of aliphatic hydroxyl groups is 1. The summed E-state index contributed by atoms with van der Waals surface area (Å²) in [6.07, 6.45) is 1.76. The van der Waals surface area contributed by atoms with E-state index in [4.69, 9.17) is 21.0 Å². The van der Waals surface area contributed by atoms with Crippen molar-refractivity contribution in [3.05, 3.63) is 29.3 Å². The van der Waals surface area contributed by atoms with Gasteiger partial charge in [0.15, 0.2) is 0 Å². The Morgan fingerprint density at radius 2 is 2.32 bits per heavy atom. The quantitative estimate of drug-likeness (QED) is 0.236. The fourth-order valence-corrected chi connectivity index (χ4v) is 2.27. The van der Waals surface area contributed by atoms with Crippen LogP contribution < -0.4 is 15.6 Å². The number of benzene rings is 1. The van der Waals surface area contributed by atoms with Crippen molar-refractivity contribution in [3.8, 4) is 5.75 Å². The molecule has 5 nitrogen and oxygen atoms in total. The number of hydrogen-bond donors (Lipinski definition) is 4. The summed E-state index contributed by atoms with van der Waals surface area (Å²) in [4.78, 5) is 0. The Morgan fingerprint density at radius 3 is 2.95 bits per heavy atom. The molecule has 0 fully saturated rings. The SMILES string of the molecule is CPNCCCc1c(OCCO)cccc1C(=N)N. The molecule has 0 saturated heterocycles. The number of amidine groups is 1. The zero-order valence-corrected chi connectivity index (χ0v) is 12.2. The molecule has 0 aliphatic rings. The molecule has 0 bridgehead atoms. The average Bonchev–Trinajstić information content (AvgIpc) is 2.41.